The number of benzene rings is 1. The molecule has 0 spiro atoms. The van der Waals surface area contributed by atoms with Crippen molar-refractivity contribution in [3.63, 3.8) is 0 Å². The molecule has 0 amide bonds. The number of nitrogen functional groups attached to an aromatic ring is 2. The number of hydrogen-bond donors (Lipinski definition) is 2. The van der Waals surface area contributed by atoms with Crippen molar-refractivity contribution in [2.45, 2.75) is 6.36 Å². The minimum Gasteiger partial charge on any atom is -0.403 e. The Kier molecular flexibility index (Phi) is 2.41. The van der Waals surface area contributed by atoms with E-state index in [0.717, 1.165) is 12.1 Å². The minimum atomic E-state index is -4.91. The largest absolute Gasteiger partial charge is 0.573 e. The molecule has 1 aromatic rings. The van der Waals surface area contributed by atoms with Gasteiger partial charge >= 0.3 is 6.36 Å². The van der Waals surface area contributed by atoms with E-state index >= 15 is 0 Å². The van der Waals surface area contributed by atoms with Gasteiger partial charge in [0.25, 0.3) is 0 Å². The summed E-state index contributed by atoms with van der Waals surface area (Å²) >= 11 is 0. The van der Waals surface area contributed by atoms with Crippen molar-refractivity contribution in [2.24, 2.45) is 0 Å². The van der Waals surface area contributed by atoms with Crippen molar-refractivity contribution in [3.05, 3.63) is 17.9 Å². The Balaban J connectivity index is 3.06. The molecule has 0 aromatic heterocycles. The third kappa shape index (κ3) is 2.18. The molecule has 0 saturated heterocycles. The molecular formula is C7H6F4N2O. The summed E-state index contributed by atoms with van der Waals surface area (Å²) in [5, 5.41) is 0. The zero-order valence-corrected chi connectivity index (χ0v) is 6.73. The quantitative estimate of drug-likeness (QED) is 0.549. The van der Waals surface area contributed by atoms with Crippen LogP contribution in [0, 0.1) is 5.82 Å². The van der Waals surface area contributed by atoms with Crippen LogP contribution in [0.4, 0.5) is 28.9 Å². The first-order chi connectivity index (χ1) is 6.31. The normalized spacial score (nSPS) is 11.4. The lowest BCUT2D eigenvalue weighted by Gasteiger charge is -2.11. The molecule has 0 aliphatic carbocycles. The summed E-state index contributed by atoms with van der Waals surface area (Å²) in [6.07, 6.45) is -4.91. The zero-order chi connectivity index (χ0) is 10.9. The lowest BCUT2D eigenvalue weighted by molar-refractivity contribution is -0.274. The van der Waals surface area contributed by atoms with E-state index in [1.807, 2.05) is 0 Å². The van der Waals surface area contributed by atoms with Gasteiger partial charge in [0, 0.05) is 0 Å². The maximum Gasteiger partial charge on any atom is 0.573 e. The van der Waals surface area contributed by atoms with Crippen LogP contribution in [0.15, 0.2) is 12.1 Å². The lowest BCUT2D eigenvalue weighted by Crippen LogP contribution is -2.18. The molecule has 78 valence electrons. The molecule has 7 heteroatoms. The van der Waals surface area contributed by atoms with Crippen molar-refractivity contribution in [1.82, 2.24) is 0 Å². The zero-order valence-electron chi connectivity index (χ0n) is 6.73. The molecule has 1 rings (SSSR count). The lowest BCUT2D eigenvalue weighted by atomic mass is 10.2. The predicted octanol–water partition coefficient (Wildman–Crippen LogP) is 1.89. The third-order valence-electron chi connectivity index (χ3n) is 1.40. The van der Waals surface area contributed by atoms with Crippen LogP contribution in [0.1, 0.15) is 0 Å². The maximum absolute atomic E-state index is 12.9. The van der Waals surface area contributed by atoms with Crippen LogP contribution < -0.4 is 16.2 Å². The predicted molar refractivity (Wildman–Crippen MR) is 41.9 cm³/mol. The molecule has 0 saturated carbocycles. The highest BCUT2D eigenvalue weighted by atomic mass is 19.4. The Morgan fingerprint density at radius 3 is 2.21 bits per heavy atom. The molecule has 1 aromatic carbocycles. The highest BCUT2D eigenvalue weighted by Crippen LogP contribution is 2.32. The Labute approximate surface area is 76.3 Å². The molecule has 4 N–H and O–H groups in total. The van der Waals surface area contributed by atoms with E-state index in [1.54, 1.807) is 0 Å². The molecule has 0 aliphatic rings. The fraction of sp³-hybridized carbons (Fsp3) is 0.143. The first kappa shape index (κ1) is 10.4. The van der Waals surface area contributed by atoms with Gasteiger partial charge in [-0.25, -0.2) is 4.39 Å². The van der Waals surface area contributed by atoms with Gasteiger partial charge in [-0.05, 0) is 12.1 Å². The van der Waals surface area contributed by atoms with Crippen molar-refractivity contribution in [3.8, 4) is 5.75 Å². The molecule has 0 atom stereocenters. The van der Waals surface area contributed by atoms with Crippen molar-refractivity contribution in [1.29, 1.82) is 0 Å². The van der Waals surface area contributed by atoms with Crippen LogP contribution in [0.3, 0.4) is 0 Å². The van der Waals surface area contributed by atoms with E-state index in [0.29, 0.717) is 0 Å². The fourth-order valence-corrected chi connectivity index (χ4v) is 0.806. The summed E-state index contributed by atoms with van der Waals surface area (Å²) in [6.45, 7) is 0. The SMILES string of the molecule is Nc1ccc(OC(F)(F)F)c(N)c1F. The number of alkyl halides is 3. The van der Waals surface area contributed by atoms with Crippen molar-refractivity contribution < 1.29 is 22.3 Å². The van der Waals surface area contributed by atoms with Crippen LogP contribution in [0.5, 0.6) is 5.75 Å². The summed E-state index contributed by atoms with van der Waals surface area (Å²) in [7, 11) is 0. The number of nitrogens with two attached hydrogens (primary N) is 2. The van der Waals surface area contributed by atoms with E-state index in [-0.39, 0.29) is 5.69 Å². The Bertz CT molecular complexity index is 350. The smallest absolute Gasteiger partial charge is 0.403 e. The maximum atomic E-state index is 12.9. The number of ether oxygens (including phenoxy) is 1. The fourth-order valence-electron chi connectivity index (χ4n) is 0.806. The molecule has 0 fully saturated rings. The van der Waals surface area contributed by atoms with E-state index in [4.69, 9.17) is 11.5 Å². The van der Waals surface area contributed by atoms with E-state index < -0.39 is 23.6 Å². The second kappa shape index (κ2) is 3.24. The summed E-state index contributed by atoms with van der Waals surface area (Å²) in [5.41, 5.74) is 8.97. The molecule has 0 unspecified atom stereocenters. The summed E-state index contributed by atoms with van der Waals surface area (Å²) in [5.74, 6) is -1.92. The number of anilines is 2. The van der Waals surface area contributed by atoms with Gasteiger partial charge in [-0.15, -0.1) is 13.2 Å². The number of rotatable bonds is 1. The second-order valence-electron chi connectivity index (χ2n) is 2.43. The average molecular weight is 210 g/mol. The van der Waals surface area contributed by atoms with Gasteiger partial charge in [0.2, 0.25) is 0 Å². The Morgan fingerprint density at radius 2 is 1.71 bits per heavy atom. The highest BCUT2D eigenvalue weighted by molar-refractivity contribution is 5.62. The van der Waals surface area contributed by atoms with Crippen LogP contribution in [-0.4, -0.2) is 6.36 Å². The van der Waals surface area contributed by atoms with Gasteiger partial charge in [0.15, 0.2) is 11.6 Å². The van der Waals surface area contributed by atoms with Gasteiger partial charge in [-0.1, -0.05) is 0 Å². The van der Waals surface area contributed by atoms with Crippen molar-refractivity contribution >= 4 is 11.4 Å². The summed E-state index contributed by atoms with van der Waals surface area (Å²) < 4.78 is 51.5. The van der Waals surface area contributed by atoms with E-state index in [1.165, 1.54) is 0 Å². The summed E-state index contributed by atoms with van der Waals surface area (Å²) in [4.78, 5) is 0. The molecule has 3 nitrogen and oxygen atoms in total. The number of halogens is 4. The van der Waals surface area contributed by atoms with Gasteiger partial charge in [-0.3, -0.25) is 0 Å². The van der Waals surface area contributed by atoms with Crippen LogP contribution >= 0.6 is 0 Å². The second-order valence-corrected chi connectivity index (χ2v) is 2.43. The Morgan fingerprint density at radius 1 is 1.14 bits per heavy atom. The van der Waals surface area contributed by atoms with Gasteiger partial charge in [0.1, 0.15) is 5.69 Å². The van der Waals surface area contributed by atoms with Gasteiger partial charge < -0.3 is 16.2 Å². The van der Waals surface area contributed by atoms with Crippen molar-refractivity contribution in [2.75, 3.05) is 11.5 Å². The first-order valence-electron chi connectivity index (χ1n) is 3.40. The highest BCUT2D eigenvalue weighted by Gasteiger charge is 2.32. The molecule has 14 heavy (non-hydrogen) atoms. The van der Waals surface area contributed by atoms with Gasteiger partial charge in [0.05, 0.1) is 5.69 Å². The van der Waals surface area contributed by atoms with E-state index in [2.05, 4.69) is 4.74 Å². The molecule has 0 heterocycles. The molecule has 0 radical (unpaired) electrons. The molecular weight excluding hydrogens is 204 g/mol. The Hall–Kier alpha value is -1.66. The first-order valence-corrected chi connectivity index (χ1v) is 3.40. The average Bonchev–Trinajstić information content (AvgIpc) is 2.04. The topological polar surface area (TPSA) is 61.3 Å². The minimum absolute atomic E-state index is 0.336. The van der Waals surface area contributed by atoms with Crippen LogP contribution in [-0.2, 0) is 0 Å². The van der Waals surface area contributed by atoms with E-state index in [9.17, 15) is 17.6 Å². The standard InChI is InChI=1S/C7H6F4N2O/c8-5-3(12)1-2-4(6(5)13)14-7(9,10)11/h1-2H,12-13H2. The monoisotopic (exact) mass is 210 g/mol. The van der Waals surface area contributed by atoms with Gasteiger partial charge in [-0.2, -0.15) is 0 Å². The third-order valence-corrected chi connectivity index (χ3v) is 1.40. The molecule has 0 bridgehead atoms. The van der Waals surface area contributed by atoms with Crippen LogP contribution in [0.2, 0.25) is 0 Å². The summed E-state index contributed by atoms with van der Waals surface area (Å²) in [6, 6.07) is 1.79. The number of hydrogen-bond acceptors (Lipinski definition) is 3. The molecule has 0 aliphatic heterocycles. The van der Waals surface area contributed by atoms with Crippen LogP contribution in [0.25, 0.3) is 0 Å².